The summed E-state index contributed by atoms with van der Waals surface area (Å²) in [4.78, 5) is 0. The summed E-state index contributed by atoms with van der Waals surface area (Å²) < 4.78 is 5.45. The van der Waals surface area contributed by atoms with E-state index in [-0.39, 0.29) is 12.6 Å². The molecule has 0 fully saturated rings. The fourth-order valence-corrected chi connectivity index (χ4v) is 1.60. The Hall–Kier alpha value is -1.83. The van der Waals surface area contributed by atoms with Crippen molar-refractivity contribution in [1.82, 2.24) is 5.32 Å². The van der Waals surface area contributed by atoms with Crippen LogP contribution in [0.5, 0.6) is 5.75 Å². The van der Waals surface area contributed by atoms with Crippen LogP contribution in [0.15, 0.2) is 36.9 Å². The van der Waals surface area contributed by atoms with Crippen molar-refractivity contribution in [1.29, 1.82) is 5.26 Å². The van der Waals surface area contributed by atoms with Crippen LogP contribution in [0.25, 0.3) is 0 Å². The summed E-state index contributed by atoms with van der Waals surface area (Å²) >= 11 is 0. The molecule has 2 atom stereocenters. The zero-order valence-corrected chi connectivity index (χ0v) is 11.2. The molecule has 0 amide bonds. The number of rotatable bonds is 8. The van der Waals surface area contributed by atoms with E-state index in [4.69, 9.17) is 10.00 Å². The van der Waals surface area contributed by atoms with Crippen LogP contribution in [0.1, 0.15) is 18.9 Å². The lowest BCUT2D eigenvalue weighted by atomic mass is 10.2. The molecule has 1 aromatic carbocycles. The maximum Gasteiger partial charge on any atom is 0.137 e. The summed E-state index contributed by atoms with van der Waals surface area (Å²) in [6, 6.07) is 9.31. The van der Waals surface area contributed by atoms with Crippen molar-refractivity contribution >= 4 is 0 Å². The summed E-state index contributed by atoms with van der Waals surface area (Å²) in [5.74, 6) is 0.503. The van der Waals surface area contributed by atoms with Crippen molar-refractivity contribution in [2.45, 2.75) is 25.5 Å². The number of nitriles is 1. The molecule has 0 aliphatic carbocycles. The lowest BCUT2D eigenvalue weighted by Gasteiger charge is -2.16. The standard InChI is InChI=1S/C15H20N2O2/c1-3-6-12(2)17-10-14(18)11-19-15-8-5-4-7-13(15)9-16/h3-5,7-8,12,14,17-18H,1,6,10-11H2,2H3. The van der Waals surface area contributed by atoms with Crippen molar-refractivity contribution < 1.29 is 9.84 Å². The number of hydrogen-bond donors (Lipinski definition) is 2. The van der Waals surface area contributed by atoms with Crippen LogP contribution in [0.2, 0.25) is 0 Å². The lowest BCUT2D eigenvalue weighted by Crippen LogP contribution is -2.36. The molecule has 0 aliphatic rings. The molecule has 19 heavy (non-hydrogen) atoms. The number of para-hydroxylation sites is 1. The van der Waals surface area contributed by atoms with Gasteiger partial charge in [-0.15, -0.1) is 6.58 Å². The third-order valence-electron chi connectivity index (χ3n) is 2.66. The van der Waals surface area contributed by atoms with Gasteiger partial charge < -0.3 is 15.2 Å². The fraction of sp³-hybridized carbons (Fsp3) is 0.400. The SMILES string of the molecule is C=CCC(C)NCC(O)COc1ccccc1C#N. The van der Waals surface area contributed by atoms with Crippen molar-refractivity contribution in [3.8, 4) is 11.8 Å². The highest BCUT2D eigenvalue weighted by Gasteiger charge is 2.09. The van der Waals surface area contributed by atoms with E-state index in [0.29, 0.717) is 17.9 Å². The molecule has 2 N–H and O–H groups in total. The van der Waals surface area contributed by atoms with E-state index in [9.17, 15) is 5.11 Å². The molecule has 0 heterocycles. The van der Waals surface area contributed by atoms with Crippen LogP contribution in [0.3, 0.4) is 0 Å². The molecule has 1 aromatic rings. The molecule has 2 unspecified atom stereocenters. The highest BCUT2D eigenvalue weighted by atomic mass is 16.5. The van der Waals surface area contributed by atoms with Gasteiger partial charge >= 0.3 is 0 Å². The fourth-order valence-electron chi connectivity index (χ4n) is 1.60. The number of ether oxygens (including phenoxy) is 1. The molecule has 102 valence electrons. The Balaban J connectivity index is 2.36. The first-order valence-corrected chi connectivity index (χ1v) is 6.31. The van der Waals surface area contributed by atoms with Gasteiger partial charge in [-0.3, -0.25) is 0 Å². The zero-order valence-electron chi connectivity index (χ0n) is 11.2. The summed E-state index contributed by atoms with van der Waals surface area (Å²) in [6.45, 7) is 6.30. The van der Waals surface area contributed by atoms with Crippen LogP contribution < -0.4 is 10.1 Å². The number of nitrogens with one attached hydrogen (secondary N) is 1. The second-order valence-electron chi connectivity index (χ2n) is 4.41. The van der Waals surface area contributed by atoms with Crippen LogP contribution in [0, 0.1) is 11.3 Å². The van der Waals surface area contributed by atoms with E-state index in [1.165, 1.54) is 0 Å². The summed E-state index contributed by atoms with van der Waals surface area (Å²) in [5, 5.41) is 21.9. The summed E-state index contributed by atoms with van der Waals surface area (Å²) in [7, 11) is 0. The molecule has 4 nitrogen and oxygen atoms in total. The predicted octanol–water partition coefficient (Wildman–Crippen LogP) is 1.85. The van der Waals surface area contributed by atoms with Crippen molar-refractivity contribution in [2.24, 2.45) is 0 Å². The molecule has 0 spiro atoms. The number of aliphatic hydroxyl groups excluding tert-OH is 1. The van der Waals surface area contributed by atoms with Crippen LogP contribution in [-0.4, -0.2) is 30.4 Å². The number of benzene rings is 1. The molecular weight excluding hydrogens is 240 g/mol. The molecular formula is C15H20N2O2. The second-order valence-corrected chi connectivity index (χ2v) is 4.41. The van der Waals surface area contributed by atoms with Gasteiger partial charge in [-0.2, -0.15) is 5.26 Å². The first-order chi connectivity index (χ1) is 9.17. The molecule has 0 bridgehead atoms. The minimum absolute atomic E-state index is 0.159. The Morgan fingerprint density at radius 3 is 2.95 bits per heavy atom. The average molecular weight is 260 g/mol. The topological polar surface area (TPSA) is 65.3 Å². The zero-order chi connectivity index (χ0) is 14.1. The van der Waals surface area contributed by atoms with Crippen LogP contribution >= 0.6 is 0 Å². The monoisotopic (exact) mass is 260 g/mol. The maximum absolute atomic E-state index is 9.79. The molecule has 0 aromatic heterocycles. The van der Waals surface area contributed by atoms with Gasteiger partial charge in [-0.1, -0.05) is 18.2 Å². The maximum atomic E-state index is 9.79. The first-order valence-electron chi connectivity index (χ1n) is 6.31. The van der Waals surface area contributed by atoms with Gasteiger partial charge in [0.1, 0.15) is 24.5 Å². The van der Waals surface area contributed by atoms with E-state index in [1.54, 1.807) is 24.3 Å². The Morgan fingerprint density at radius 2 is 2.26 bits per heavy atom. The van der Waals surface area contributed by atoms with Crippen LogP contribution in [-0.2, 0) is 0 Å². The Labute approximate surface area is 114 Å². The molecule has 4 heteroatoms. The molecule has 1 rings (SSSR count). The van der Waals surface area contributed by atoms with Crippen molar-refractivity contribution in [2.75, 3.05) is 13.2 Å². The molecule has 0 radical (unpaired) electrons. The van der Waals surface area contributed by atoms with Crippen molar-refractivity contribution in [3.63, 3.8) is 0 Å². The van der Waals surface area contributed by atoms with E-state index in [2.05, 4.69) is 18.0 Å². The van der Waals surface area contributed by atoms with E-state index < -0.39 is 6.10 Å². The third kappa shape index (κ3) is 5.56. The lowest BCUT2D eigenvalue weighted by molar-refractivity contribution is 0.104. The minimum Gasteiger partial charge on any atom is -0.489 e. The highest BCUT2D eigenvalue weighted by molar-refractivity contribution is 5.42. The summed E-state index contributed by atoms with van der Waals surface area (Å²) in [5.41, 5.74) is 0.475. The van der Waals surface area contributed by atoms with Gasteiger partial charge in [0, 0.05) is 12.6 Å². The normalized spacial score (nSPS) is 13.3. The van der Waals surface area contributed by atoms with Crippen molar-refractivity contribution in [3.05, 3.63) is 42.5 Å². The Morgan fingerprint density at radius 1 is 1.53 bits per heavy atom. The summed E-state index contributed by atoms with van der Waals surface area (Å²) in [6.07, 6.45) is 2.08. The van der Waals surface area contributed by atoms with Gasteiger partial charge in [-0.05, 0) is 25.5 Å². The Kier molecular flexibility index (Phi) is 6.65. The molecule has 0 saturated heterocycles. The largest absolute Gasteiger partial charge is 0.489 e. The van der Waals surface area contributed by atoms with E-state index >= 15 is 0 Å². The molecule has 0 saturated carbocycles. The number of hydrogen-bond acceptors (Lipinski definition) is 4. The van der Waals surface area contributed by atoms with Gasteiger partial charge in [0.25, 0.3) is 0 Å². The minimum atomic E-state index is -0.612. The highest BCUT2D eigenvalue weighted by Crippen LogP contribution is 2.16. The number of nitrogens with zero attached hydrogens (tertiary/aromatic N) is 1. The Bertz CT molecular complexity index is 440. The average Bonchev–Trinajstić information content (AvgIpc) is 2.43. The van der Waals surface area contributed by atoms with Gasteiger partial charge in [0.05, 0.1) is 5.56 Å². The van der Waals surface area contributed by atoms with Crippen LogP contribution in [0.4, 0.5) is 0 Å². The predicted molar refractivity (Wildman–Crippen MR) is 74.9 cm³/mol. The third-order valence-corrected chi connectivity index (χ3v) is 2.66. The quantitative estimate of drug-likeness (QED) is 0.700. The first kappa shape index (κ1) is 15.2. The smallest absolute Gasteiger partial charge is 0.137 e. The van der Waals surface area contributed by atoms with E-state index in [0.717, 1.165) is 6.42 Å². The van der Waals surface area contributed by atoms with Gasteiger partial charge in [0.2, 0.25) is 0 Å². The molecule has 0 aliphatic heterocycles. The van der Waals surface area contributed by atoms with Gasteiger partial charge in [-0.25, -0.2) is 0 Å². The second kappa shape index (κ2) is 8.30. The number of aliphatic hydroxyl groups is 1. The van der Waals surface area contributed by atoms with Gasteiger partial charge in [0.15, 0.2) is 0 Å². The van der Waals surface area contributed by atoms with E-state index in [1.807, 2.05) is 13.0 Å².